The van der Waals surface area contributed by atoms with E-state index in [-0.39, 0.29) is 22.3 Å². The third-order valence-corrected chi connectivity index (χ3v) is 5.72. The maximum Gasteiger partial charge on any atom is 0.244 e. The van der Waals surface area contributed by atoms with Gasteiger partial charge in [0.1, 0.15) is 10.7 Å². The second kappa shape index (κ2) is 6.36. The van der Waals surface area contributed by atoms with Gasteiger partial charge in [0.15, 0.2) is 0 Å². The van der Waals surface area contributed by atoms with Gasteiger partial charge in [0, 0.05) is 32.4 Å². The van der Waals surface area contributed by atoms with Crippen molar-refractivity contribution in [1.82, 2.24) is 13.9 Å². The van der Waals surface area contributed by atoms with Crippen molar-refractivity contribution in [3.8, 4) is 0 Å². The first-order valence-electron chi connectivity index (χ1n) is 6.13. The van der Waals surface area contributed by atoms with Crippen LogP contribution in [0.5, 0.6) is 0 Å². The summed E-state index contributed by atoms with van der Waals surface area (Å²) >= 11 is 11.8. The zero-order valence-corrected chi connectivity index (χ0v) is 14.0. The average molecular weight is 348 g/mol. The van der Waals surface area contributed by atoms with Crippen molar-refractivity contribution in [2.75, 3.05) is 7.05 Å². The second-order valence-corrected chi connectivity index (χ2v) is 7.30. The highest BCUT2D eigenvalue weighted by atomic mass is 35.5. The van der Waals surface area contributed by atoms with E-state index in [1.807, 2.05) is 7.05 Å². The molecule has 0 saturated heterocycles. The molecule has 0 atom stereocenters. The summed E-state index contributed by atoms with van der Waals surface area (Å²) in [5.41, 5.74) is 0.699. The van der Waals surface area contributed by atoms with E-state index in [1.165, 1.54) is 17.4 Å². The normalized spacial score (nSPS) is 12.0. The molecule has 0 saturated carbocycles. The Bertz CT molecular complexity index is 744. The highest BCUT2D eigenvalue weighted by Crippen LogP contribution is 2.26. The third kappa shape index (κ3) is 3.40. The molecule has 0 N–H and O–H groups in total. The van der Waals surface area contributed by atoms with E-state index in [0.717, 1.165) is 0 Å². The number of sulfonamides is 1. The second-order valence-electron chi connectivity index (χ2n) is 4.61. The Morgan fingerprint density at radius 1 is 1.38 bits per heavy atom. The first-order chi connectivity index (χ1) is 9.86. The summed E-state index contributed by atoms with van der Waals surface area (Å²) < 4.78 is 28.2. The minimum atomic E-state index is -3.71. The number of alkyl halides is 1. The van der Waals surface area contributed by atoms with E-state index in [0.29, 0.717) is 11.4 Å². The smallest absolute Gasteiger partial charge is 0.244 e. The summed E-state index contributed by atoms with van der Waals surface area (Å²) in [5, 5.41) is 0.176. The molecule has 0 bridgehead atoms. The minimum absolute atomic E-state index is 0.0547. The third-order valence-electron chi connectivity index (χ3n) is 3.12. The molecule has 0 fully saturated rings. The van der Waals surface area contributed by atoms with Gasteiger partial charge in [-0.2, -0.15) is 4.31 Å². The van der Waals surface area contributed by atoms with Gasteiger partial charge in [0.25, 0.3) is 0 Å². The van der Waals surface area contributed by atoms with Gasteiger partial charge >= 0.3 is 0 Å². The molecule has 0 aliphatic carbocycles. The molecule has 1 heterocycles. The zero-order valence-electron chi connectivity index (χ0n) is 11.6. The number of imidazole rings is 1. The predicted molar refractivity (Wildman–Crippen MR) is 82.9 cm³/mol. The summed E-state index contributed by atoms with van der Waals surface area (Å²) in [6, 6.07) is 4.74. The van der Waals surface area contributed by atoms with E-state index in [4.69, 9.17) is 23.2 Å². The van der Waals surface area contributed by atoms with Gasteiger partial charge in [-0.15, -0.1) is 11.6 Å². The molecule has 2 rings (SSSR count). The molecule has 1 aromatic carbocycles. The van der Waals surface area contributed by atoms with Gasteiger partial charge in [-0.1, -0.05) is 17.7 Å². The maximum absolute atomic E-state index is 12.6. The van der Waals surface area contributed by atoms with Crippen LogP contribution in [0.2, 0.25) is 5.02 Å². The van der Waals surface area contributed by atoms with Crippen molar-refractivity contribution >= 4 is 33.2 Å². The molecule has 0 aliphatic rings. The number of halogens is 2. The van der Waals surface area contributed by atoms with Crippen molar-refractivity contribution in [3.63, 3.8) is 0 Å². The van der Waals surface area contributed by atoms with Crippen LogP contribution in [0, 0.1) is 0 Å². The Balaban J connectivity index is 2.35. The molecule has 0 amide bonds. The lowest BCUT2D eigenvalue weighted by molar-refractivity contribution is 0.451. The Morgan fingerprint density at radius 3 is 2.67 bits per heavy atom. The molecule has 2 aromatic rings. The molecule has 21 heavy (non-hydrogen) atoms. The number of benzene rings is 1. The van der Waals surface area contributed by atoms with Gasteiger partial charge in [-0.3, -0.25) is 0 Å². The molecule has 114 valence electrons. The Hall–Kier alpha value is -1.08. The number of hydrogen-bond donors (Lipinski definition) is 0. The molecule has 0 radical (unpaired) electrons. The van der Waals surface area contributed by atoms with Crippen LogP contribution in [0.3, 0.4) is 0 Å². The Kier molecular flexibility index (Phi) is 4.93. The van der Waals surface area contributed by atoms with E-state index < -0.39 is 10.0 Å². The van der Waals surface area contributed by atoms with Crippen molar-refractivity contribution in [2.45, 2.75) is 17.3 Å². The maximum atomic E-state index is 12.6. The molecule has 0 unspecified atom stereocenters. The first-order valence-corrected chi connectivity index (χ1v) is 8.48. The standard InChI is InChI=1S/C13H15Cl2N3O2S/c1-17-6-5-16-13(17)9-18(2)21(19,20)12-7-10(8-14)3-4-11(12)15/h3-7H,8-9H2,1-2H3. The van der Waals surface area contributed by atoms with Crippen molar-refractivity contribution in [2.24, 2.45) is 7.05 Å². The minimum Gasteiger partial charge on any atom is -0.337 e. The van der Waals surface area contributed by atoms with Crippen LogP contribution in [-0.4, -0.2) is 29.3 Å². The Labute approximate surface area is 134 Å². The van der Waals surface area contributed by atoms with Gasteiger partial charge in [-0.05, 0) is 17.7 Å². The lowest BCUT2D eigenvalue weighted by atomic mass is 10.2. The summed E-state index contributed by atoms with van der Waals surface area (Å²) in [6.07, 6.45) is 3.38. The van der Waals surface area contributed by atoms with Crippen LogP contribution >= 0.6 is 23.2 Å². The monoisotopic (exact) mass is 347 g/mol. The van der Waals surface area contributed by atoms with Crippen LogP contribution in [0.15, 0.2) is 35.5 Å². The van der Waals surface area contributed by atoms with Crippen LogP contribution in [0.25, 0.3) is 0 Å². The number of aryl methyl sites for hydroxylation is 1. The van der Waals surface area contributed by atoms with Crippen molar-refractivity contribution in [3.05, 3.63) is 47.0 Å². The lowest BCUT2D eigenvalue weighted by Crippen LogP contribution is -2.28. The summed E-state index contributed by atoms with van der Waals surface area (Å²) in [7, 11) is -0.403. The first kappa shape index (κ1) is 16.3. The molecule has 1 aromatic heterocycles. The molecule has 8 heteroatoms. The number of rotatable bonds is 5. The average Bonchev–Trinajstić information content (AvgIpc) is 2.84. The predicted octanol–water partition coefficient (Wildman–Crippen LogP) is 2.63. The fourth-order valence-corrected chi connectivity index (χ4v) is 3.64. The molecule has 0 spiro atoms. The number of hydrogen-bond acceptors (Lipinski definition) is 3. The van der Waals surface area contributed by atoms with Crippen molar-refractivity contribution < 1.29 is 8.42 Å². The summed E-state index contributed by atoms with van der Waals surface area (Å²) in [5.74, 6) is 0.869. The van der Waals surface area contributed by atoms with Crippen molar-refractivity contribution in [1.29, 1.82) is 0 Å². The van der Waals surface area contributed by atoms with E-state index in [9.17, 15) is 8.42 Å². The van der Waals surface area contributed by atoms with Crippen LogP contribution in [0.4, 0.5) is 0 Å². The largest absolute Gasteiger partial charge is 0.337 e. The Morgan fingerprint density at radius 2 is 2.10 bits per heavy atom. The molecule has 0 aliphatic heterocycles. The fourth-order valence-electron chi connectivity index (χ4n) is 1.83. The van der Waals surface area contributed by atoms with Crippen LogP contribution in [-0.2, 0) is 29.5 Å². The molecular weight excluding hydrogens is 333 g/mol. The van der Waals surface area contributed by atoms with E-state index in [2.05, 4.69) is 4.98 Å². The van der Waals surface area contributed by atoms with Crippen LogP contribution < -0.4 is 0 Å². The number of aromatic nitrogens is 2. The summed E-state index contributed by atoms with van der Waals surface area (Å²) in [6.45, 7) is 0.160. The fraction of sp³-hybridized carbons (Fsp3) is 0.308. The van der Waals surface area contributed by atoms with Crippen LogP contribution in [0.1, 0.15) is 11.4 Å². The highest BCUT2D eigenvalue weighted by Gasteiger charge is 2.25. The van der Waals surface area contributed by atoms with E-state index in [1.54, 1.807) is 29.1 Å². The molecule has 5 nitrogen and oxygen atoms in total. The van der Waals surface area contributed by atoms with Gasteiger partial charge in [-0.25, -0.2) is 13.4 Å². The van der Waals surface area contributed by atoms with Gasteiger partial charge in [0.2, 0.25) is 10.0 Å². The zero-order chi connectivity index (χ0) is 15.6. The summed E-state index contributed by atoms with van der Waals surface area (Å²) in [4.78, 5) is 4.18. The van der Waals surface area contributed by atoms with Gasteiger partial charge in [0.05, 0.1) is 11.6 Å². The topological polar surface area (TPSA) is 55.2 Å². The quantitative estimate of drug-likeness (QED) is 0.781. The number of nitrogens with zero attached hydrogens (tertiary/aromatic N) is 3. The van der Waals surface area contributed by atoms with E-state index >= 15 is 0 Å². The highest BCUT2D eigenvalue weighted by molar-refractivity contribution is 7.89. The SMILES string of the molecule is CN(Cc1nccn1C)S(=O)(=O)c1cc(CCl)ccc1Cl. The molecular formula is C13H15Cl2N3O2S. The van der Waals surface area contributed by atoms with Gasteiger partial charge < -0.3 is 4.57 Å². The lowest BCUT2D eigenvalue weighted by Gasteiger charge is -2.18.